The SMILES string of the molecule is CCC(C)(C)C(=O)OC(OC)C1CCCC1. The molecule has 0 spiro atoms. The highest BCUT2D eigenvalue weighted by Gasteiger charge is 2.33. The Morgan fingerprint density at radius 3 is 2.38 bits per heavy atom. The van der Waals surface area contributed by atoms with Crippen molar-refractivity contribution < 1.29 is 14.3 Å². The van der Waals surface area contributed by atoms with Gasteiger partial charge in [0.2, 0.25) is 6.29 Å². The molecule has 1 saturated carbocycles. The smallest absolute Gasteiger partial charge is 0.313 e. The largest absolute Gasteiger partial charge is 0.435 e. The number of methoxy groups -OCH3 is 1. The fraction of sp³-hybridized carbons (Fsp3) is 0.923. The lowest BCUT2D eigenvalue weighted by Crippen LogP contribution is -2.34. The first-order chi connectivity index (χ1) is 7.51. The Morgan fingerprint density at radius 1 is 1.38 bits per heavy atom. The second-order valence-electron chi connectivity index (χ2n) is 5.29. The van der Waals surface area contributed by atoms with Crippen LogP contribution in [0, 0.1) is 11.3 Å². The molecule has 1 atom stereocenters. The van der Waals surface area contributed by atoms with Gasteiger partial charge in [-0.15, -0.1) is 0 Å². The van der Waals surface area contributed by atoms with Gasteiger partial charge in [0, 0.05) is 13.0 Å². The maximum atomic E-state index is 11.9. The minimum atomic E-state index is -0.407. The summed E-state index contributed by atoms with van der Waals surface area (Å²) in [5.41, 5.74) is -0.407. The molecule has 0 bridgehead atoms. The van der Waals surface area contributed by atoms with Gasteiger partial charge in [-0.05, 0) is 33.1 Å². The molecule has 1 aliphatic rings. The summed E-state index contributed by atoms with van der Waals surface area (Å²) in [6.45, 7) is 5.83. The van der Waals surface area contributed by atoms with E-state index in [9.17, 15) is 4.79 Å². The van der Waals surface area contributed by atoms with Crippen molar-refractivity contribution in [3.8, 4) is 0 Å². The zero-order valence-corrected chi connectivity index (χ0v) is 10.9. The van der Waals surface area contributed by atoms with E-state index in [1.165, 1.54) is 12.8 Å². The second-order valence-corrected chi connectivity index (χ2v) is 5.29. The average molecular weight is 228 g/mol. The van der Waals surface area contributed by atoms with Crippen LogP contribution in [0.3, 0.4) is 0 Å². The van der Waals surface area contributed by atoms with Crippen molar-refractivity contribution in [1.29, 1.82) is 0 Å². The fourth-order valence-corrected chi connectivity index (χ4v) is 1.98. The highest BCUT2D eigenvalue weighted by molar-refractivity contribution is 5.75. The summed E-state index contributed by atoms with van der Waals surface area (Å²) < 4.78 is 10.8. The van der Waals surface area contributed by atoms with Crippen LogP contribution in [0.4, 0.5) is 0 Å². The Morgan fingerprint density at radius 2 is 1.94 bits per heavy atom. The molecular formula is C13H24O3. The number of ether oxygens (including phenoxy) is 2. The van der Waals surface area contributed by atoms with E-state index in [4.69, 9.17) is 9.47 Å². The average Bonchev–Trinajstić information content (AvgIpc) is 2.78. The third-order valence-electron chi connectivity index (χ3n) is 3.68. The van der Waals surface area contributed by atoms with E-state index in [0.717, 1.165) is 19.3 Å². The van der Waals surface area contributed by atoms with Gasteiger partial charge in [0.05, 0.1) is 5.41 Å². The van der Waals surface area contributed by atoms with Crippen LogP contribution in [0.2, 0.25) is 0 Å². The summed E-state index contributed by atoms with van der Waals surface area (Å²) >= 11 is 0. The number of carbonyl (C=O) groups excluding carboxylic acids is 1. The lowest BCUT2D eigenvalue weighted by molar-refractivity contribution is -0.193. The number of carbonyl (C=O) groups is 1. The summed E-state index contributed by atoms with van der Waals surface area (Å²) in [6.07, 6.45) is 5.10. The number of esters is 1. The van der Waals surface area contributed by atoms with Gasteiger partial charge in [-0.1, -0.05) is 19.8 Å². The van der Waals surface area contributed by atoms with Gasteiger partial charge in [-0.2, -0.15) is 0 Å². The van der Waals surface area contributed by atoms with Crippen LogP contribution in [-0.2, 0) is 14.3 Å². The van der Waals surface area contributed by atoms with Gasteiger partial charge in [-0.25, -0.2) is 0 Å². The van der Waals surface area contributed by atoms with Crippen LogP contribution in [0.1, 0.15) is 52.9 Å². The molecule has 0 aliphatic heterocycles. The molecule has 0 aromatic heterocycles. The molecule has 1 unspecified atom stereocenters. The molecule has 1 fully saturated rings. The van der Waals surface area contributed by atoms with Crippen LogP contribution in [-0.4, -0.2) is 19.4 Å². The Bertz CT molecular complexity index is 229. The number of hydrogen-bond donors (Lipinski definition) is 0. The van der Waals surface area contributed by atoms with E-state index in [2.05, 4.69) is 0 Å². The molecule has 3 heteroatoms. The van der Waals surface area contributed by atoms with Gasteiger partial charge in [0.1, 0.15) is 0 Å². The molecule has 0 amide bonds. The lowest BCUT2D eigenvalue weighted by atomic mass is 9.90. The lowest BCUT2D eigenvalue weighted by Gasteiger charge is -2.27. The summed E-state index contributed by atoms with van der Waals surface area (Å²) in [5, 5.41) is 0. The summed E-state index contributed by atoms with van der Waals surface area (Å²) in [7, 11) is 1.62. The third kappa shape index (κ3) is 3.21. The van der Waals surface area contributed by atoms with Gasteiger partial charge in [0.15, 0.2) is 0 Å². The molecule has 0 radical (unpaired) electrons. The molecule has 3 nitrogen and oxygen atoms in total. The van der Waals surface area contributed by atoms with Crippen molar-refractivity contribution in [3.63, 3.8) is 0 Å². The molecule has 0 aromatic rings. The topological polar surface area (TPSA) is 35.5 Å². The van der Waals surface area contributed by atoms with E-state index in [1.807, 2.05) is 20.8 Å². The highest BCUT2D eigenvalue weighted by atomic mass is 16.7. The van der Waals surface area contributed by atoms with Crippen LogP contribution in [0.15, 0.2) is 0 Å². The zero-order valence-electron chi connectivity index (χ0n) is 10.9. The molecule has 1 aliphatic carbocycles. The van der Waals surface area contributed by atoms with E-state index in [1.54, 1.807) is 7.11 Å². The quantitative estimate of drug-likeness (QED) is 0.535. The molecular weight excluding hydrogens is 204 g/mol. The first-order valence-corrected chi connectivity index (χ1v) is 6.25. The molecule has 0 heterocycles. The first kappa shape index (κ1) is 13.5. The fourth-order valence-electron chi connectivity index (χ4n) is 1.98. The zero-order chi connectivity index (χ0) is 12.2. The van der Waals surface area contributed by atoms with Crippen molar-refractivity contribution in [2.24, 2.45) is 11.3 Å². The maximum Gasteiger partial charge on any atom is 0.313 e. The molecule has 16 heavy (non-hydrogen) atoms. The van der Waals surface area contributed by atoms with Crippen LogP contribution >= 0.6 is 0 Å². The molecule has 0 aromatic carbocycles. The second kappa shape index (κ2) is 5.67. The van der Waals surface area contributed by atoms with Crippen LogP contribution in [0.25, 0.3) is 0 Å². The Kier molecular flexibility index (Phi) is 4.78. The van der Waals surface area contributed by atoms with Crippen molar-refractivity contribution >= 4 is 5.97 Å². The van der Waals surface area contributed by atoms with Crippen LogP contribution in [0.5, 0.6) is 0 Å². The van der Waals surface area contributed by atoms with E-state index in [0.29, 0.717) is 5.92 Å². The normalized spacial score (nSPS) is 19.8. The summed E-state index contributed by atoms with van der Waals surface area (Å²) in [5.74, 6) is 0.246. The summed E-state index contributed by atoms with van der Waals surface area (Å²) in [6, 6.07) is 0. The van der Waals surface area contributed by atoms with Gasteiger partial charge < -0.3 is 9.47 Å². The van der Waals surface area contributed by atoms with Gasteiger partial charge >= 0.3 is 5.97 Å². The molecule has 94 valence electrons. The van der Waals surface area contributed by atoms with E-state index < -0.39 is 5.41 Å². The predicted octanol–water partition coefficient (Wildman–Crippen LogP) is 3.13. The monoisotopic (exact) mass is 228 g/mol. The molecule has 0 N–H and O–H groups in total. The predicted molar refractivity (Wildman–Crippen MR) is 62.9 cm³/mol. The molecule has 0 saturated heterocycles. The first-order valence-electron chi connectivity index (χ1n) is 6.25. The highest BCUT2D eigenvalue weighted by Crippen LogP contribution is 2.31. The Labute approximate surface area is 98.5 Å². The van der Waals surface area contributed by atoms with E-state index in [-0.39, 0.29) is 12.3 Å². The Hall–Kier alpha value is -0.570. The third-order valence-corrected chi connectivity index (χ3v) is 3.68. The minimum absolute atomic E-state index is 0.145. The minimum Gasteiger partial charge on any atom is -0.435 e. The van der Waals surface area contributed by atoms with Crippen LogP contribution < -0.4 is 0 Å². The molecule has 1 rings (SSSR count). The number of rotatable bonds is 5. The summed E-state index contributed by atoms with van der Waals surface area (Å²) in [4.78, 5) is 11.9. The van der Waals surface area contributed by atoms with E-state index >= 15 is 0 Å². The van der Waals surface area contributed by atoms with Crippen molar-refractivity contribution in [2.75, 3.05) is 7.11 Å². The number of hydrogen-bond acceptors (Lipinski definition) is 3. The standard InChI is InChI=1S/C13H24O3/c1-5-13(2,3)12(14)16-11(15-4)10-8-6-7-9-10/h10-11H,5-9H2,1-4H3. The van der Waals surface area contributed by atoms with Gasteiger partial charge in [-0.3, -0.25) is 4.79 Å². The van der Waals surface area contributed by atoms with Crippen molar-refractivity contribution in [2.45, 2.75) is 59.2 Å². The Balaban J connectivity index is 2.52. The van der Waals surface area contributed by atoms with Gasteiger partial charge in [0.25, 0.3) is 0 Å². The van der Waals surface area contributed by atoms with Crippen molar-refractivity contribution in [1.82, 2.24) is 0 Å². The maximum absolute atomic E-state index is 11.9. The van der Waals surface area contributed by atoms with Crippen molar-refractivity contribution in [3.05, 3.63) is 0 Å².